The molecule has 39 heavy (non-hydrogen) atoms. The Hall–Kier alpha value is -2.88. The summed E-state index contributed by atoms with van der Waals surface area (Å²) in [5.41, 5.74) is 2.05. The highest BCUT2D eigenvalue weighted by molar-refractivity contribution is 6.38. The molecule has 11 heteroatoms. The summed E-state index contributed by atoms with van der Waals surface area (Å²) in [4.78, 5) is 19.6. The van der Waals surface area contributed by atoms with Gasteiger partial charge in [0.05, 0.1) is 36.0 Å². The van der Waals surface area contributed by atoms with E-state index in [2.05, 4.69) is 15.1 Å². The third-order valence-electron chi connectivity index (χ3n) is 8.53. The fraction of sp³-hybridized carbons (Fsp3) is 0.500. The molecule has 4 saturated carbocycles. The first kappa shape index (κ1) is 26.3. The number of hydrogen-bond acceptors (Lipinski definition) is 8. The number of halogens is 2. The second-order valence-electron chi connectivity index (χ2n) is 10.9. The van der Waals surface area contributed by atoms with Gasteiger partial charge in [-0.3, -0.25) is 4.98 Å². The van der Waals surface area contributed by atoms with Gasteiger partial charge in [-0.25, -0.2) is 9.78 Å². The van der Waals surface area contributed by atoms with Crippen molar-refractivity contribution in [2.75, 3.05) is 13.7 Å². The number of carboxylic acids is 1. The van der Waals surface area contributed by atoms with E-state index < -0.39 is 5.97 Å². The van der Waals surface area contributed by atoms with Crippen LogP contribution in [0.5, 0.6) is 11.6 Å². The lowest BCUT2D eigenvalue weighted by molar-refractivity contribution is -0.150. The Labute approximate surface area is 235 Å². The average Bonchev–Trinajstić information content (AvgIpc) is 3.71. The van der Waals surface area contributed by atoms with Gasteiger partial charge in [0.2, 0.25) is 5.88 Å². The summed E-state index contributed by atoms with van der Waals surface area (Å²) in [5, 5.41) is 14.5. The number of nitrogens with zero attached hydrogens (tertiary/aromatic N) is 3. The number of aromatic nitrogens is 3. The number of carbonyl (C=O) groups is 1. The number of hydrogen-bond donors (Lipinski definition) is 1. The highest BCUT2D eigenvalue weighted by Crippen LogP contribution is 2.55. The lowest BCUT2D eigenvalue weighted by Gasteiger charge is -2.52. The molecule has 3 aromatic heterocycles. The third-order valence-corrected chi connectivity index (χ3v) is 9.10. The fourth-order valence-corrected chi connectivity index (χ4v) is 6.45. The van der Waals surface area contributed by atoms with Crippen LogP contribution >= 0.6 is 23.2 Å². The van der Waals surface area contributed by atoms with Crippen molar-refractivity contribution in [2.24, 2.45) is 5.41 Å². The van der Waals surface area contributed by atoms with Gasteiger partial charge in [0.15, 0.2) is 0 Å². The summed E-state index contributed by atoms with van der Waals surface area (Å²) >= 11 is 12.9. The Kier molecular flexibility index (Phi) is 6.93. The molecule has 3 aromatic rings. The largest absolute Gasteiger partial charge is 0.496 e. The first-order valence-electron chi connectivity index (χ1n) is 13.1. The Morgan fingerprint density at radius 3 is 2.41 bits per heavy atom. The zero-order chi connectivity index (χ0) is 27.2. The van der Waals surface area contributed by atoms with Crippen molar-refractivity contribution in [3.63, 3.8) is 0 Å². The molecule has 9 nitrogen and oxygen atoms in total. The number of rotatable bonds is 10. The van der Waals surface area contributed by atoms with Gasteiger partial charge in [-0.1, -0.05) is 28.4 Å². The summed E-state index contributed by atoms with van der Waals surface area (Å²) in [6.45, 7) is 0.912. The zero-order valence-corrected chi connectivity index (χ0v) is 23.1. The van der Waals surface area contributed by atoms with Crippen molar-refractivity contribution < 1.29 is 28.6 Å². The molecule has 4 fully saturated rings. The number of ether oxygens (including phenoxy) is 3. The molecule has 4 aliphatic carbocycles. The van der Waals surface area contributed by atoms with Gasteiger partial charge < -0.3 is 23.8 Å². The second kappa shape index (κ2) is 10.3. The van der Waals surface area contributed by atoms with Crippen LogP contribution in [0.1, 0.15) is 79.0 Å². The van der Waals surface area contributed by atoms with Crippen LogP contribution in [0.15, 0.2) is 29.2 Å². The van der Waals surface area contributed by atoms with Crippen LogP contribution < -0.4 is 9.47 Å². The maximum absolute atomic E-state index is 11.3. The number of fused-ring (bicyclic) bond motifs is 3. The molecule has 4 aliphatic rings. The quantitative estimate of drug-likeness (QED) is 0.282. The molecule has 7 rings (SSSR count). The maximum Gasteiger partial charge on any atom is 0.341 e. The molecule has 0 spiro atoms. The number of aromatic carboxylic acids is 1. The van der Waals surface area contributed by atoms with Gasteiger partial charge in [0, 0.05) is 47.1 Å². The minimum Gasteiger partial charge on any atom is -0.496 e. The molecule has 206 valence electrons. The Bertz CT molecular complexity index is 1360. The van der Waals surface area contributed by atoms with Crippen molar-refractivity contribution >= 4 is 29.2 Å². The first-order chi connectivity index (χ1) is 18.8. The van der Waals surface area contributed by atoms with Crippen LogP contribution in [0.3, 0.4) is 0 Å². The van der Waals surface area contributed by atoms with E-state index in [1.54, 1.807) is 12.4 Å². The van der Waals surface area contributed by atoms with Crippen LogP contribution in [0.4, 0.5) is 0 Å². The monoisotopic (exact) mass is 573 g/mol. The predicted molar refractivity (Wildman–Crippen MR) is 143 cm³/mol. The number of carboxylic acid groups (broad SMARTS) is 1. The summed E-state index contributed by atoms with van der Waals surface area (Å²) in [6, 6.07) is 1.54. The number of pyridine rings is 2. The normalized spacial score (nSPS) is 24.1. The molecule has 3 heterocycles. The average molecular weight is 574 g/mol. The lowest BCUT2D eigenvalue weighted by atomic mass is 9.59. The molecule has 0 radical (unpaired) electrons. The standard InChI is InChI=1S/C28H29Cl2N3O6/c1-36-21-10-22(32-11-17(21)26(34)35)37-15-27-4-7-28(8-5-27,9-6-27)38-14-18-24(33-39-25(18)16-2-3-16)23-19(29)12-31-13-20(23)30/h10-13,16H,2-9,14-15H2,1H3,(H,34,35). The highest BCUT2D eigenvalue weighted by Gasteiger charge is 2.50. The van der Waals surface area contributed by atoms with E-state index >= 15 is 0 Å². The van der Waals surface area contributed by atoms with E-state index in [-0.39, 0.29) is 22.3 Å². The van der Waals surface area contributed by atoms with E-state index in [9.17, 15) is 9.90 Å². The Balaban J connectivity index is 1.13. The van der Waals surface area contributed by atoms with E-state index in [0.29, 0.717) is 46.3 Å². The molecule has 1 N–H and O–H groups in total. The summed E-state index contributed by atoms with van der Waals surface area (Å²) in [6.07, 6.45) is 12.3. The Morgan fingerprint density at radius 1 is 1.10 bits per heavy atom. The van der Waals surface area contributed by atoms with E-state index in [0.717, 1.165) is 62.7 Å². The molecular weight excluding hydrogens is 545 g/mol. The first-order valence-corrected chi connectivity index (χ1v) is 13.9. The molecule has 0 atom stereocenters. The summed E-state index contributed by atoms with van der Waals surface area (Å²) < 4.78 is 23.8. The van der Waals surface area contributed by atoms with Gasteiger partial charge in [-0.15, -0.1) is 0 Å². The van der Waals surface area contributed by atoms with Crippen LogP contribution in [0.25, 0.3) is 11.3 Å². The van der Waals surface area contributed by atoms with E-state index in [4.69, 9.17) is 41.9 Å². The molecular formula is C28H29Cl2N3O6. The van der Waals surface area contributed by atoms with E-state index in [1.165, 1.54) is 19.4 Å². The molecule has 0 aromatic carbocycles. The van der Waals surface area contributed by atoms with Gasteiger partial charge in [0.25, 0.3) is 0 Å². The SMILES string of the molecule is COc1cc(OCC23CCC(OCc4c(-c5c(Cl)cncc5Cl)noc4C4CC4)(CC2)CC3)ncc1C(=O)O. The van der Waals surface area contributed by atoms with Gasteiger partial charge >= 0.3 is 5.97 Å². The van der Waals surface area contributed by atoms with Crippen LogP contribution in [0, 0.1) is 5.41 Å². The van der Waals surface area contributed by atoms with Crippen LogP contribution in [-0.2, 0) is 11.3 Å². The Morgan fingerprint density at radius 2 is 1.79 bits per heavy atom. The molecule has 0 amide bonds. The second-order valence-corrected chi connectivity index (χ2v) is 11.7. The van der Waals surface area contributed by atoms with Crippen LogP contribution in [0.2, 0.25) is 10.0 Å². The minimum atomic E-state index is -1.09. The van der Waals surface area contributed by atoms with Gasteiger partial charge in [0.1, 0.15) is 22.8 Å². The van der Waals surface area contributed by atoms with Gasteiger partial charge in [-0.05, 0) is 51.4 Å². The topological polar surface area (TPSA) is 117 Å². The van der Waals surface area contributed by atoms with E-state index in [1.807, 2.05) is 0 Å². The van der Waals surface area contributed by atoms with Crippen molar-refractivity contribution in [1.82, 2.24) is 15.1 Å². The fourth-order valence-electron chi connectivity index (χ4n) is 5.90. The smallest absolute Gasteiger partial charge is 0.341 e. The lowest BCUT2D eigenvalue weighted by Crippen LogP contribution is -2.49. The maximum atomic E-state index is 11.3. The van der Waals surface area contributed by atoms with Crippen molar-refractivity contribution in [3.8, 4) is 22.9 Å². The van der Waals surface area contributed by atoms with Crippen molar-refractivity contribution in [2.45, 2.75) is 69.5 Å². The van der Waals surface area contributed by atoms with Crippen molar-refractivity contribution in [3.05, 3.63) is 51.6 Å². The summed E-state index contributed by atoms with van der Waals surface area (Å²) in [5.74, 6) is 0.746. The minimum absolute atomic E-state index is 0.00887. The van der Waals surface area contributed by atoms with Gasteiger partial charge in [-0.2, -0.15) is 0 Å². The molecule has 0 unspecified atom stereocenters. The highest BCUT2D eigenvalue weighted by atomic mass is 35.5. The molecule has 2 bridgehead atoms. The predicted octanol–water partition coefficient (Wildman–Crippen LogP) is 6.71. The van der Waals surface area contributed by atoms with Crippen LogP contribution in [-0.4, -0.2) is 45.5 Å². The number of methoxy groups -OCH3 is 1. The molecule has 0 aliphatic heterocycles. The molecule has 0 saturated heterocycles. The summed E-state index contributed by atoms with van der Waals surface area (Å²) in [7, 11) is 1.43. The zero-order valence-electron chi connectivity index (χ0n) is 21.5. The third kappa shape index (κ3) is 5.08. The van der Waals surface area contributed by atoms with Crippen molar-refractivity contribution in [1.29, 1.82) is 0 Å².